The van der Waals surface area contributed by atoms with Gasteiger partial charge in [0.25, 0.3) is 0 Å². The van der Waals surface area contributed by atoms with Crippen molar-refractivity contribution >= 4 is 17.7 Å². The zero-order valence-corrected chi connectivity index (χ0v) is 15.3. The van der Waals surface area contributed by atoms with Crippen molar-refractivity contribution in [1.82, 2.24) is 20.1 Å². The standard InChI is InChI=1S/C18H20N4O2S/c1-12-6-4-5-7-14(12)10-19-16(23)11-25-18-21-20-17(22(18)3)15-8-9-24-13(15)2/h4-9H,10-11H2,1-3H3,(H,19,23). The molecule has 0 saturated heterocycles. The normalized spacial score (nSPS) is 10.8. The second-order valence-electron chi connectivity index (χ2n) is 5.75. The van der Waals surface area contributed by atoms with E-state index < -0.39 is 0 Å². The van der Waals surface area contributed by atoms with Gasteiger partial charge in [-0.05, 0) is 31.0 Å². The molecule has 6 nitrogen and oxygen atoms in total. The zero-order valence-electron chi connectivity index (χ0n) is 14.4. The van der Waals surface area contributed by atoms with E-state index in [0.717, 1.165) is 22.7 Å². The topological polar surface area (TPSA) is 73.0 Å². The molecule has 1 N–H and O–H groups in total. The Labute approximate surface area is 150 Å². The monoisotopic (exact) mass is 356 g/mol. The number of aromatic nitrogens is 3. The summed E-state index contributed by atoms with van der Waals surface area (Å²) in [7, 11) is 1.88. The van der Waals surface area contributed by atoms with Crippen LogP contribution in [0.1, 0.15) is 16.9 Å². The van der Waals surface area contributed by atoms with Gasteiger partial charge < -0.3 is 14.3 Å². The molecule has 0 fully saturated rings. The summed E-state index contributed by atoms with van der Waals surface area (Å²) in [6.07, 6.45) is 1.63. The highest BCUT2D eigenvalue weighted by Crippen LogP contribution is 2.25. The smallest absolute Gasteiger partial charge is 0.230 e. The molecule has 130 valence electrons. The fraction of sp³-hybridized carbons (Fsp3) is 0.278. The van der Waals surface area contributed by atoms with E-state index in [1.165, 1.54) is 17.3 Å². The first-order valence-corrected chi connectivity index (χ1v) is 8.92. The first-order chi connectivity index (χ1) is 12.1. The van der Waals surface area contributed by atoms with Gasteiger partial charge in [0.05, 0.1) is 17.6 Å². The number of hydrogen-bond donors (Lipinski definition) is 1. The summed E-state index contributed by atoms with van der Waals surface area (Å²) in [6, 6.07) is 9.88. The molecule has 2 heterocycles. The third-order valence-corrected chi connectivity index (χ3v) is 5.02. The third kappa shape index (κ3) is 3.93. The van der Waals surface area contributed by atoms with Crippen molar-refractivity contribution in [3.63, 3.8) is 0 Å². The van der Waals surface area contributed by atoms with Crippen molar-refractivity contribution in [2.24, 2.45) is 7.05 Å². The Bertz CT molecular complexity index is 885. The maximum atomic E-state index is 12.1. The number of hydrogen-bond acceptors (Lipinski definition) is 5. The lowest BCUT2D eigenvalue weighted by Crippen LogP contribution is -2.25. The largest absolute Gasteiger partial charge is 0.469 e. The van der Waals surface area contributed by atoms with Crippen LogP contribution < -0.4 is 5.32 Å². The number of nitrogens with one attached hydrogen (secondary N) is 1. The second-order valence-corrected chi connectivity index (χ2v) is 6.69. The highest BCUT2D eigenvalue weighted by molar-refractivity contribution is 7.99. The summed E-state index contributed by atoms with van der Waals surface area (Å²) >= 11 is 1.37. The Balaban J connectivity index is 1.57. The molecule has 2 aromatic heterocycles. The first-order valence-electron chi connectivity index (χ1n) is 7.94. The first kappa shape index (κ1) is 17.3. The number of thioether (sulfide) groups is 1. The van der Waals surface area contributed by atoms with E-state index in [1.807, 2.05) is 55.8 Å². The number of benzene rings is 1. The van der Waals surface area contributed by atoms with Gasteiger partial charge in [-0.25, -0.2) is 0 Å². The van der Waals surface area contributed by atoms with E-state index in [2.05, 4.69) is 15.5 Å². The van der Waals surface area contributed by atoms with Gasteiger partial charge in [0.2, 0.25) is 5.91 Å². The zero-order chi connectivity index (χ0) is 17.8. The molecule has 0 bridgehead atoms. The van der Waals surface area contributed by atoms with E-state index in [4.69, 9.17) is 4.42 Å². The van der Waals surface area contributed by atoms with Crippen LogP contribution in [0.5, 0.6) is 0 Å². The summed E-state index contributed by atoms with van der Waals surface area (Å²) < 4.78 is 7.19. The van der Waals surface area contributed by atoms with Crippen LogP contribution in [0.4, 0.5) is 0 Å². The van der Waals surface area contributed by atoms with E-state index >= 15 is 0 Å². The number of carbonyl (C=O) groups is 1. The van der Waals surface area contributed by atoms with Gasteiger partial charge >= 0.3 is 0 Å². The molecule has 0 aliphatic heterocycles. The molecule has 7 heteroatoms. The Kier molecular flexibility index (Phi) is 5.23. The van der Waals surface area contributed by atoms with Crippen molar-refractivity contribution < 1.29 is 9.21 Å². The minimum atomic E-state index is -0.0303. The molecule has 1 aromatic carbocycles. The second kappa shape index (κ2) is 7.57. The fourth-order valence-electron chi connectivity index (χ4n) is 2.48. The lowest BCUT2D eigenvalue weighted by Gasteiger charge is -2.07. The molecule has 1 amide bonds. The molecular formula is C18H20N4O2S. The number of nitrogens with zero attached hydrogens (tertiary/aromatic N) is 3. The van der Waals surface area contributed by atoms with Crippen molar-refractivity contribution in [3.05, 3.63) is 53.5 Å². The van der Waals surface area contributed by atoms with E-state index in [1.54, 1.807) is 6.26 Å². The lowest BCUT2D eigenvalue weighted by molar-refractivity contribution is -0.118. The number of aryl methyl sites for hydroxylation is 2. The number of amides is 1. The number of carbonyl (C=O) groups excluding carboxylic acids is 1. The number of rotatable bonds is 6. The fourth-order valence-corrected chi connectivity index (χ4v) is 3.22. The molecular weight excluding hydrogens is 336 g/mol. The maximum Gasteiger partial charge on any atom is 0.230 e. The average molecular weight is 356 g/mol. The average Bonchev–Trinajstić information content (AvgIpc) is 3.17. The van der Waals surface area contributed by atoms with Crippen LogP contribution in [0.15, 0.2) is 46.2 Å². The summed E-state index contributed by atoms with van der Waals surface area (Å²) in [5.74, 6) is 1.79. The van der Waals surface area contributed by atoms with Crippen LogP contribution in [0.2, 0.25) is 0 Å². The predicted molar refractivity (Wildman–Crippen MR) is 97.2 cm³/mol. The van der Waals surface area contributed by atoms with Gasteiger partial charge in [0, 0.05) is 13.6 Å². The molecule has 0 radical (unpaired) electrons. The van der Waals surface area contributed by atoms with Crippen LogP contribution in [0, 0.1) is 13.8 Å². The van der Waals surface area contributed by atoms with Crippen LogP contribution in [0.3, 0.4) is 0 Å². The SMILES string of the molecule is Cc1ccccc1CNC(=O)CSc1nnc(-c2ccoc2C)n1C. The maximum absolute atomic E-state index is 12.1. The summed E-state index contributed by atoms with van der Waals surface area (Å²) in [6.45, 7) is 4.45. The molecule has 0 spiro atoms. The van der Waals surface area contributed by atoms with Gasteiger partial charge in [0.15, 0.2) is 11.0 Å². The van der Waals surface area contributed by atoms with Crippen LogP contribution >= 0.6 is 11.8 Å². The molecule has 3 aromatic rings. The highest BCUT2D eigenvalue weighted by Gasteiger charge is 2.15. The molecule has 0 atom stereocenters. The molecule has 25 heavy (non-hydrogen) atoms. The van der Waals surface area contributed by atoms with E-state index in [-0.39, 0.29) is 5.91 Å². The molecule has 0 saturated carbocycles. The Morgan fingerprint density at radius 3 is 2.76 bits per heavy atom. The van der Waals surface area contributed by atoms with E-state index in [0.29, 0.717) is 17.5 Å². The van der Waals surface area contributed by atoms with Gasteiger partial charge in [-0.3, -0.25) is 4.79 Å². The highest BCUT2D eigenvalue weighted by atomic mass is 32.2. The van der Waals surface area contributed by atoms with Gasteiger partial charge in [0.1, 0.15) is 5.76 Å². The molecule has 0 unspecified atom stereocenters. The van der Waals surface area contributed by atoms with Crippen LogP contribution in [-0.4, -0.2) is 26.4 Å². The van der Waals surface area contributed by atoms with Crippen molar-refractivity contribution in [2.45, 2.75) is 25.5 Å². The lowest BCUT2D eigenvalue weighted by atomic mass is 10.1. The summed E-state index contributed by atoms with van der Waals surface area (Å²) in [4.78, 5) is 12.1. The van der Waals surface area contributed by atoms with E-state index in [9.17, 15) is 4.79 Å². The van der Waals surface area contributed by atoms with Crippen molar-refractivity contribution in [3.8, 4) is 11.4 Å². The Morgan fingerprint density at radius 2 is 2.04 bits per heavy atom. The van der Waals surface area contributed by atoms with Crippen LogP contribution in [-0.2, 0) is 18.4 Å². The Hall–Kier alpha value is -2.54. The molecule has 0 aliphatic carbocycles. The number of furan rings is 1. The minimum Gasteiger partial charge on any atom is -0.469 e. The van der Waals surface area contributed by atoms with Gasteiger partial charge in [-0.2, -0.15) is 0 Å². The summed E-state index contributed by atoms with van der Waals surface area (Å²) in [5.41, 5.74) is 3.20. The van der Waals surface area contributed by atoms with Crippen LogP contribution in [0.25, 0.3) is 11.4 Å². The van der Waals surface area contributed by atoms with Crippen molar-refractivity contribution in [2.75, 3.05) is 5.75 Å². The predicted octanol–water partition coefficient (Wildman–Crippen LogP) is 3.10. The van der Waals surface area contributed by atoms with Gasteiger partial charge in [-0.1, -0.05) is 36.0 Å². The van der Waals surface area contributed by atoms with Crippen molar-refractivity contribution in [1.29, 1.82) is 0 Å². The molecule has 3 rings (SSSR count). The molecule has 0 aliphatic rings. The Morgan fingerprint density at radius 1 is 1.24 bits per heavy atom. The summed E-state index contributed by atoms with van der Waals surface area (Å²) in [5, 5.41) is 12.0. The van der Waals surface area contributed by atoms with Gasteiger partial charge in [-0.15, -0.1) is 10.2 Å². The third-order valence-electron chi connectivity index (χ3n) is 4.00. The quantitative estimate of drug-likeness (QED) is 0.687. The minimum absolute atomic E-state index is 0.0303.